The summed E-state index contributed by atoms with van der Waals surface area (Å²) in [5.74, 6) is 0.497. The molecule has 18 heavy (non-hydrogen) atoms. The second kappa shape index (κ2) is 5.59. The van der Waals surface area contributed by atoms with Gasteiger partial charge in [-0.2, -0.15) is 5.10 Å². The lowest BCUT2D eigenvalue weighted by Crippen LogP contribution is -2.07. The minimum absolute atomic E-state index is 0.193. The molecule has 0 radical (unpaired) electrons. The zero-order valence-electron chi connectivity index (χ0n) is 10.4. The second-order valence-corrected chi connectivity index (χ2v) is 3.88. The van der Waals surface area contributed by atoms with Crippen molar-refractivity contribution in [2.75, 3.05) is 7.05 Å². The van der Waals surface area contributed by atoms with Gasteiger partial charge in [0.25, 0.3) is 0 Å². The number of benzene rings is 1. The lowest BCUT2D eigenvalue weighted by atomic mass is 10.2. The lowest BCUT2D eigenvalue weighted by Gasteiger charge is -2.08. The molecule has 2 aromatic rings. The molecular weight excluding hydrogens is 235 g/mol. The van der Waals surface area contributed by atoms with E-state index < -0.39 is 0 Å². The molecule has 1 aromatic carbocycles. The van der Waals surface area contributed by atoms with E-state index in [2.05, 4.69) is 15.4 Å². The number of hydrogen-bond acceptors (Lipinski definition) is 4. The van der Waals surface area contributed by atoms with Crippen LogP contribution in [0.15, 0.2) is 24.5 Å². The molecule has 6 heteroatoms. The molecule has 0 bridgehead atoms. The first-order valence-corrected chi connectivity index (χ1v) is 5.59. The molecular formula is C12H15FN4O. The molecule has 0 unspecified atom stereocenters. The summed E-state index contributed by atoms with van der Waals surface area (Å²) in [5, 5.41) is 6.88. The minimum Gasteiger partial charge on any atom is -0.483 e. The fourth-order valence-corrected chi connectivity index (χ4v) is 1.57. The first-order valence-electron chi connectivity index (χ1n) is 5.59. The van der Waals surface area contributed by atoms with E-state index in [-0.39, 0.29) is 18.2 Å². The van der Waals surface area contributed by atoms with Crippen molar-refractivity contribution in [3.8, 4) is 5.75 Å². The summed E-state index contributed by atoms with van der Waals surface area (Å²) in [7, 11) is 3.58. The summed E-state index contributed by atoms with van der Waals surface area (Å²) >= 11 is 0. The SMILES string of the molecule is CNCc1ccc(OCc2ncnn2C)c(F)c1. The van der Waals surface area contributed by atoms with E-state index in [4.69, 9.17) is 4.74 Å². The Labute approximate surface area is 105 Å². The molecule has 96 valence electrons. The Morgan fingerprint density at radius 1 is 1.44 bits per heavy atom. The summed E-state index contributed by atoms with van der Waals surface area (Å²) in [4.78, 5) is 4.00. The largest absolute Gasteiger partial charge is 0.483 e. The van der Waals surface area contributed by atoms with Crippen LogP contribution in [0.4, 0.5) is 4.39 Å². The van der Waals surface area contributed by atoms with Gasteiger partial charge in [-0.1, -0.05) is 6.07 Å². The monoisotopic (exact) mass is 250 g/mol. The molecule has 1 N–H and O–H groups in total. The van der Waals surface area contributed by atoms with Gasteiger partial charge < -0.3 is 10.1 Å². The van der Waals surface area contributed by atoms with Crippen molar-refractivity contribution < 1.29 is 9.13 Å². The highest BCUT2D eigenvalue weighted by atomic mass is 19.1. The molecule has 5 nitrogen and oxygen atoms in total. The summed E-state index contributed by atoms with van der Waals surface area (Å²) in [6, 6.07) is 4.91. The maximum Gasteiger partial charge on any atom is 0.165 e. The molecule has 0 amide bonds. The van der Waals surface area contributed by atoms with Crippen LogP contribution in [0, 0.1) is 5.82 Å². The predicted molar refractivity (Wildman–Crippen MR) is 64.5 cm³/mol. The van der Waals surface area contributed by atoms with Crippen LogP contribution in [0.2, 0.25) is 0 Å². The molecule has 0 aliphatic carbocycles. The van der Waals surface area contributed by atoms with Crippen molar-refractivity contribution in [3.05, 3.63) is 41.7 Å². The number of hydrogen-bond donors (Lipinski definition) is 1. The van der Waals surface area contributed by atoms with Crippen LogP contribution in [-0.2, 0) is 20.2 Å². The summed E-state index contributed by atoms with van der Waals surface area (Å²) in [6.45, 7) is 0.819. The molecule has 0 saturated heterocycles. The maximum absolute atomic E-state index is 13.7. The van der Waals surface area contributed by atoms with Gasteiger partial charge in [-0.15, -0.1) is 0 Å². The van der Waals surface area contributed by atoms with E-state index in [9.17, 15) is 4.39 Å². The summed E-state index contributed by atoms with van der Waals surface area (Å²) in [6.07, 6.45) is 1.44. The van der Waals surface area contributed by atoms with Gasteiger partial charge in [-0.05, 0) is 24.7 Å². The summed E-state index contributed by atoms with van der Waals surface area (Å²) in [5.41, 5.74) is 0.876. The zero-order valence-corrected chi connectivity index (χ0v) is 10.4. The molecule has 0 spiro atoms. The van der Waals surface area contributed by atoms with Crippen LogP contribution < -0.4 is 10.1 Å². The maximum atomic E-state index is 13.7. The highest BCUT2D eigenvalue weighted by Crippen LogP contribution is 2.19. The van der Waals surface area contributed by atoms with Crippen LogP contribution in [-0.4, -0.2) is 21.8 Å². The number of nitrogens with one attached hydrogen (secondary N) is 1. The zero-order chi connectivity index (χ0) is 13.0. The van der Waals surface area contributed by atoms with Gasteiger partial charge >= 0.3 is 0 Å². The van der Waals surface area contributed by atoms with Gasteiger partial charge in [-0.25, -0.2) is 9.37 Å². The van der Waals surface area contributed by atoms with Crippen molar-refractivity contribution in [1.82, 2.24) is 20.1 Å². The third-order valence-electron chi connectivity index (χ3n) is 2.54. The Morgan fingerprint density at radius 2 is 2.28 bits per heavy atom. The van der Waals surface area contributed by atoms with Crippen molar-refractivity contribution in [2.45, 2.75) is 13.2 Å². The molecule has 0 aliphatic rings. The molecule has 0 saturated carbocycles. The Kier molecular flexibility index (Phi) is 3.88. The number of halogens is 1. The normalized spacial score (nSPS) is 10.6. The van der Waals surface area contributed by atoms with Crippen molar-refractivity contribution in [1.29, 1.82) is 0 Å². The fraction of sp³-hybridized carbons (Fsp3) is 0.333. The molecule has 0 aliphatic heterocycles. The van der Waals surface area contributed by atoms with Gasteiger partial charge in [0.1, 0.15) is 12.9 Å². The quantitative estimate of drug-likeness (QED) is 0.867. The molecule has 1 aromatic heterocycles. The van der Waals surface area contributed by atoms with Crippen LogP contribution in [0.25, 0.3) is 0 Å². The highest BCUT2D eigenvalue weighted by molar-refractivity contribution is 5.29. The molecule has 1 heterocycles. The minimum atomic E-state index is -0.370. The predicted octanol–water partition coefficient (Wildman–Crippen LogP) is 1.25. The van der Waals surface area contributed by atoms with Gasteiger partial charge in [0.15, 0.2) is 17.4 Å². The second-order valence-electron chi connectivity index (χ2n) is 3.88. The van der Waals surface area contributed by atoms with Gasteiger partial charge in [-0.3, -0.25) is 4.68 Å². The van der Waals surface area contributed by atoms with Crippen LogP contribution in [0.1, 0.15) is 11.4 Å². The lowest BCUT2D eigenvalue weighted by molar-refractivity contribution is 0.275. The summed E-state index contributed by atoms with van der Waals surface area (Å²) < 4.78 is 20.7. The van der Waals surface area contributed by atoms with E-state index >= 15 is 0 Å². The Bertz CT molecular complexity index is 527. The number of ether oxygens (including phenoxy) is 1. The Morgan fingerprint density at radius 3 is 2.89 bits per heavy atom. The van der Waals surface area contributed by atoms with E-state index in [0.29, 0.717) is 12.4 Å². The molecule has 2 rings (SSSR count). The number of aromatic nitrogens is 3. The van der Waals surface area contributed by atoms with Crippen LogP contribution in [0.3, 0.4) is 0 Å². The number of rotatable bonds is 5. The fourth-order valence-electron chi connectivity index (χ4n) is 1.57. The van der Waals surface area contributed by atoms with Gasteiger partial charge in [0.05, 0.1) is 0 Å². The van der Waals surface area contributed by atoms with Crippen molar-refractivity contribution in [3.63, 3.8) is 0 Å². The van der Waals surface area contributed by atoms with E-state index in [1.165, 1.54) is 12.4 Å². The number of aryl methyl sites for hydroxylation is 1. The standard InChI is InChI=1S/C12H15FN4O/c1-14-6-9-3-4-11(10(13)5-9)18-7-12-15-8-16-17(12)2/h3-5,8,14H,6-7H2,1-2H3. The van der Waals surface area contributed by atoms with Crippen molar-refractivity contribution >= 4 is 0 Å². The highest BCUT2D eigenvalue weighted by Gasteiger charge is 2.07. The van der Waals surface area contributed by atoms with Gasteiger partial charge in [0.2, 0.25) is 0 Å². The van der Waals surface area contributed by atoms with E-state index in [1.807, 2.05) is 13.1 Å². The molecule has 0 fully saturated rings. The third kappa shape index (κ3) is 2.84. The first-order chi connectivity index (χ1) is 8.70. The first kappa shape index (κ1) is 12.5. The third-order valence-corrected chi connectivity index (χ3v) is 2.54. The molecule has 0 atom stereocenters. The Hall–Kier alpha value is -1.95. The van der Waals surface area contributed by atoms with Crippen LogP contribution >= 0.6 is 0 Å². The smallest absolute Gasteiger partial charge is 0.165 e. The average molecular weight is 250 g/mol. The van der Waals surface area contributed by atoms with E-state index in [0.717, 1.165) is 5.56 Å². The van der Waals surface area contributed by atoms with Crippen LogP contribution in [0.5, 0.6) is 5.75 Å². The number of nitrogens with zero attached hydrogens (tertiary/aromatic N) is 3. The van der Waals surface area contributed by atoms with Gasteiger partial charge in [0, 0.05) is 13.6 Å². The average Bonchev–Trinajstić information content (AvgIpc) is 2.74. The van der Waals surface area contributed by atoms with Crippen molar-refractivity contribution in [2.24, 2.45) is 7.05 Å². The Balaban J connectivity index is 2.03. The van der Waals surface area contributed by atoms with E-state index in [1.54, 1.807) is 17.8 Å². The topological polar surface area (TPSA) is 52.0 Å².